The zero-order chi connectivity index (χ0) is 18.8. The van der Waals surface area contributed by atoms with Gasteiger partial charge in [0.15, 0.2) is 5.16 Å². The van der Waals surface area contributed by atoms with Crippen molar-refractivity contribution in [2.75, 3.05) is 13.1 Å². The molecule has 0 aromatic carbocycles. The minimum atomic E-state index is -0.336. The monoisotopic (exact) mass is 379 g/mol. The van der Waals surface area contributed by atoms with Gasteiger partial charge in [-0.15, -0.1) is 10.2 Å². The molecule has 2 heterocycles. The van der Waals surface area contributed by atoms with Crippen LogP contribution in [0.4, 0.5) is 0 Å². The highest BCUT2D eigenvalue weighted by Crippen LogP contribution is 2.40. The lowest BCUT2D eigenvalue weighted by Crippen LogP contribution is -2.45. The van der Waals surface area contributed by atoms with E-state index in [0.717, 1.165) is 31.8 Å². The topological polar surface area (TPSA) is 94.1 Å². The number of aromatic nitrogens is 3. The quantitative estimate of drug-likeness (QED) is 0.732. The van der Waals surface area contributed by atoms with Crippen LogP contribution in [0.15, 0.2) is 5.16 Å². The van der Waals surface area contributed by atoms with Gasteiger partial charge in [0, 0.05) is 32.0 Å². The second kappa shape index (κ2) is 7.98. The van der Waals surface area contributed by atoms with Gasteiger partial charge < -0.3 is 15.2 Å². The Labute approximate surface area is 159 Å². The van der Waals surface area contributed by atoms with E-state index in [1.807, 2.05) is 16.4 Å². The zero-order valence-electron chi connectivity index (χ0n) is 15.9. The van der Waals surface area contributed by atoms with Crippen molar-refractivity contribution in [1.82, 2.24) is 19.7 Å². The average Bonchev–Trinajstić information content (AvgIpc) is 3.33. The number of likely N-dealkylation sites (tertiary alicyclic amines) is 1. The molecule has 1 aromatic heterocycles. The van der Waals surface area contributed by atoms with Crippen LogP contribution in [-0.4, -0.2) is 49.8 Å². The second-order valence-corrected chi connectivity index (χ2v) is 9.24. The van der Waals surface area contributed by atoms with Crippen molar-refractivity contribution < 1.29 is 9.59 Å². The van der Waals surface area contributed by atoms with Gasteiger partial charge in [-0.25, -0.2) is 0 Å². The predicted molar refractivity (Wildman–Crippen MR) is 101 cm³/mol. The van der Waals surface area contributed by atoms with Crippen molar-refractivity contribution in [2.24, 2.45) is 17.6 Å². The fourth-order valence-electron chi connectivity index (χ4n) is 3.77. The second-order valence-electron chi connectivity index (χ2n) is 7.93. The van der Waals surface area contributed by atoms with E-state index in [9.17, 15) is 9.59 Å². The van der Waals surface area contributed by atoms with E-state index in [4.69, 9.17) is 5.73 Å². The molecule has 2 aliphatic rings. The fourth-order valence-corrected chi connectivity index (χ4v) is 4.74. The summed E-state index contributed by atoms with van der Waals surface area (Å²) in [7, 11) is 0. The summed E-state index contributed by atoms with van der Waals surface area (Å²) >= 11 is 1.44. The molecule has 0 unspecified atom stereocenters. The lowest BCUT2D eigenvalue weighted by molar-refractivity contribution is -0.133. The lowest BCUT2D eigenvalue weighted by Gasteiger charge is -2.36. The first-order chi connectivity index (χ1) is 12.3. The Balaban J connectivity index is 1.69. The SMILES string of the molecule is C[C@@H]1C[C@@H](C)CN(C(=O)[C@@H](C)Sc2nnc(C3CC3)n2CCC(N)=O)C1. The van der Waals surface area contributed by atoms with Crippen LogP contribution in [0.5, 0.6) is 0 Å². The number of thioether (sulfide) groups is 1. The van der Waals surface area contributed by atoms with E-state index >= 15 is 0 Å². The molecule has 1 aromatic rings. The van der Waals surface area contributed by atoms with Crippen molar-refractivity contribution >= 4 is 23.6 Å². The largest absolute Gasteiger partial charge is 0.370 e. The van der Waals surface area contributed by atoms with Crippen LogP contribution >= 0.6 is 11.8 Å². The smallest absolute Gasteiger partial charge is 0.235 e. The van der Waals surface area contributed by atoms with Crippen LogP contribution in [0, 0.1) is 11.8 Å². The molecule has 0 radical (unpaired) electrons. The molecule has 1 saturated heterocycles. The van der Waals surface area contributed by atoms with E-state index in [2.05, 4.69) is 24.0 Å². The molecule has 2 N–H and O–H groups in total. The molecule has 2 amide bonds. The van der Waals surface area contributed by atoms with Crippen molar-refractivity contribution in [2.45, 2.75) is 69.3 Å². The summed E-state index contributed by atoms with van der Waals surface area (Å²) in [6.07, 6.45) is 3.65. The van der Waals surface area contributed by atoms with Gasteiger partial charge in [0.05, 0.1) is 5.25 Å². The highest BCUT2D eigenvalue weighted by molar-refractivity contribution is 8.00. The van der Waals surface area contributed by atoms with Crippen molar-refractivity contribution in [3.8, 4) is 0 Å². The molecular formula is C18H29N5O2S. The number of nitrogens with two attached hydrogens (primary N) is 1. The number of hydrogen-bond donors (Lipinski definition) is 1. The molecule has 1 aliphatic heterocycles. The summed E-state index contributed by atoms with van der Waals surface area (Å²) in [5.74, 6) is 2.26. The molecule has 7 nitrogen and oxygen atoms in total. The number of amides is 2. The fraction of sp³-hybridized carbons (Fsp3) is 0.778. The first-order valence-electron chi connectivity index (χ1n) is 9.52. The van der Waals surface area contributed by atoms with Crippen molar-refractivity contribution in [3.05, 3.63) is 5.82 Å². The molecule has 144 valence electrons. The minimum absolute atomic E-state index is 0.158. The first-order valence-corrected chi connectivity index (χ1v) is 10.4. The van der Waals surface area contributed by atoms with Gasteiger partial charge in [-0.3, -0.25) is 9.59 Å². The Morgan fingerprint density at radius 2 is 1.88 bits per heavy atom. The van der Waals surface area contributed by atoms with Gasteiger partial charge in [-0.1, -0.05) is 25.6 Å². The van der Waals surface area contributed by atoms with Gasteiger partial charge in [0.25, 0.3) is 0 Å². The van der Waals surface area contributed by atoms with Gasteiger partial charge in [-0.2, -0.15) is 0 Å². The summed E-state index contributed by atoms with van der Waals surface area (Å²) in [6, 6.07) is 0. The standard InChI is InChI=1S/C18H29N5O2S/c1-11-8-12(2)10-22(9-11)17(25)13(3)26-18-21-20-16(14-4-5-14)23(18)7-6-15(19)24/h11-14H,4-10H2,1-3H3,(H2,19,24)/t11-,12-,13-/m1/s1. The van der Waals surface area contributed by atoms with E-state index in [-0.39, 0.29) is 23.5 Å². The molecule has 2 fully saturated rings. The maximum atomic E-state index is 12.9. The van der Waals surface area contributed by atoms with Crippen LogP contribution in [0.3, 0.4) is 0 Å². The normalized spacial score (nSPS) is 24.5. The first kappa shape index (κ1) is 19.2. The van der Waals surface area contributed by atoms with Crippen LogP contribution < -0.4 is 5.73 Å². The van der Waals surface area contributed by atoms with Gasteiger partial charge in [0.1, 0.15) is 5.82 Å². The number of hydrogen-bond acceptors (Lipinski definition) is 5. The highest BCUT2D eigenvalue weighted by atomic mass is 32.2. The molecule has 8 heteroatoms. The van der Waals surface area contributed by atoms with Crippen LogP contribution in [0.1, 0.15) is 58.2 Å². The zero-order valence-corrected chi connectivity index (χ0v) is 16.7. The third kappa shape index (κ3) is 4.58. The Morgan fingerprint density at radius 1 is 1.23 bits per heavy atom. The Morgan fingerprint density at radius 3 is 2.46 bits per heavy atom. The molecule has 0 bridgehead atoms. The molecule has 26 heavy (non-hydrogen) atoms. The summed E-state index contributed by atoms with van der Waals surface area (Å²) < 4.78 is 1.98. The van der Waals surface area contributed by atoms with E-state index in [1.54, 1.807) is 0 Å². The molecule has 1 aliphatic carbocycles. The third-order valence-electron chi connectivity index (χ3n) is 5.08. The summed E-state index contributed by atoms with van der Waals surface area (Å²) in [4.78, 5) is 26.1. The number of carbonyl (C=O) groups is 2. The van der Waals surface area contributed by atoms with Gasteiger partial charge in [0.2, 0.25) is 11.8 Å². The predicted octanol–water partition coefficient (Wildman–Crippen LogP) is 2.02. The summed E-state index contributed by atoms with van der Waals surface area (Å²) in [5, 5.41) is 9.12. The average molecular weight is 380 g/mol. The van der Waals surface area contributed by atoms with E-state index in [1.165, 1.54) is 18.2 Å². The number of piperidine rings is 1. The molecular weight excluding hydrogens is 350 g/mol. The summed E-state index contributed by atoms with van der Waals surface area (Å²) in [5.41, 5.74) is 5.31. The Hall–Kier alpha value is -1.57. The minimum Gasteiger partial charge on any atom is -0.370 e. The number of primary amides is 1. The molecule has 1 saturated carbocycles. The molecule has 3 atom stereocenters. The van der Waals surface area contributed by atoms with Gasteiger partial charge >= 0.3 is 0 Å². The molecule has 3 rings (SSSR count). The maximum absolute atomic E-state index is 12.9. The lowest BCUT2D eigenvalue weighted by atomic mass is 9.92. The number of rotatable bonds is 7. The van der Waals surface area contributed by atoms with Gasteiger partial charge in [-0.05, 0) is 38.0 Å². The van der Waals surface area contributed by atoms with E-state index < -0.39 is 0 Å². The van der Waals surface area contributed by atoms with E-state index in [0.29, 0.717) is 29.5 Å². The highest BCUT2D eigenvalue weighted by Gasteiger charge is 2.33. The Bertz CT molecular complexity index is 663. The summed E-state index contributed by atoms with van der Waals surface area (Å²) in [6.45, 7) is 8.48. The van der Waals surface area contributed by atoms with Crippen LogP contribution in [0.25, 0.3) is 0 Å². The maximum Gasteiger partial charge on any atom is 0.235 e. The van der Waals surface area contributed by atoms with Crippen LogP contribution in [0.2, 0.25) is 0 Å². The number of carbonyl (C=O) groups excluding carboxylic acids is 2. The Kier molecular flexibility index (Phi) is 5.89. The van der Waals surface area contributed by atoms with Crippen molar-refractivity contribution in [1.29, 1.82) is 0 Å². The van der Waals surface area contributed by atoms with Crippen LogP contribution in [-0.2, 0) is 16.1 Å². The third-order valence-corrected chi connectivity index (χ3v) is 6.15. The number of nitrogens with zero attached hydrogens (tertiary/aromatic N) is 4. The molecule has 0 spiro atoms. The van der Waals surface area contributed by atoms with Crippen molar-refractivity contribution in [3.63, 3.8) is 0 Å².